The van der Waals surface area contributed by atoms with Crippen molar-refractivity contribution in [2.24, 2.45) is 0 Å². The summed E-state index contributed by atoms with van der Waals surface area (Å²) in [7, 11) is 0. The third-order valence-corrected chi connectivity index (χ3v) is 3.84. The fourth-order valence-electron chi connectivity index (χ4n) is 2.28. The van der Waals surface area contributed by atoms with E-state index in [0.29, 0.717) is 29.0 Å². The third kappa shape index (κ3) is 3.33. The van der Waals surface area contributed by atoms with Gasteiger partial charge in [0.1, 0.15) is 11.3 Å². The van der Waals surface area contributed by atoms with Crippen LogP contribution in [0.4, 0.5) is 5.69 Å². The second kappa shape index (κ2) is 6.88. The van der Waals surface area contributed by atoms with Crippen LogP contribution in [0.25, 0.3) is 11.0 Å². The minimum atomic E-state index is -0.513. The summed E-state index contributed by atoms with van der Waals surface area (Å²) in [6.45, 7) is 2.34. The van der Waals surface area contributed by atoms with E-state index in [1.54, 1.807) is 36.4 Å². The number of carbonyl (C=O) groups excluding carboxylic acids is 1. The van der Waals surface area contributed by atoms with Crippen molar-refractivity contribution in [3.63, 3.8) is 0 Å². The molecule has 0 radical (unpaired) electrons. The lowest BCUT2D eigenvalue weighted by atomic mass is 10.2. The normalized spacial score (nSPS) is 10.6. The smallest absolute Gasteiger partial charge is 0.291 e. The molecule has 5 nitrogen and oxygen atoms in total. The molecule has 3 aromatic rings. The fraction of sp³-hybridized carbons (Fsp3) is 0.111. The van der Waals surface area contributed by atoms with E-state index < -0.39 is 5.91 Å². The first-order chi connectivity index (χ1) is 11.6. The van der Waals surface area contributed by atoms with Crippen LogP contribution in [0.1, 0.15) is 17.5 Å². The molecule has 2 aromatic carbocycles. The highest BCUT2D eigenvalue weighted by molar-refractivity contribution is 9.10. The van der Waals surface area contributed by atoms with E-state index >= 15 is 0 Å². The Labute approximate surface area is 146 Å². The van der Waals surface area contributed by atoms with E-state index in [1.807, 2.05) is 13.0 Å². The van der Waals surface area contributed by atoms with Crippen LogP contribution in [0.3, 0.4) is 0 Å². The van der Waals surface area contributed by atoms with Crippen molar-refractivity contribution in [1.82, 2.24) is 0 Å². The summed E-state index contributed by atoms with van der Waals surface area (Å²) >= 11 is 3.32. The van der Waals surface area contributed by atoms with Gasteiger partial charge in [-0.25, -0.2) is 0 Å². The van der Waals surface area contributed by atoms with E-state index in [9.17, 15) is 9.59 Å². The van der Waals surface area contributed by atoms with E-state index in [4.69, 9.17) is 9.15 Å². The first-order valence-electron chi connectivity index (χ1n) is 7.35. The molecule has 1 amide bonds. The highest BCUT2D eigenvalue weighted by Crippen LogP contribution is 2.25. The summed E-state index contributed by atoms with van der Waals surface area (Å²) in [5.41, 5.74) is 0.591. The van der Waals surface area contributed by atoms with Gasteiger partial charge in [-0.2, -0.15) is 0 Å². The summed E-state index contributed by atoms with van der Waals surface area (Å²) in [6, 6.07) is 13.3. The molecule has 6 heteroatoms. The Morgan fingerprint density at radius 2 is 2.00 bits per heavy atom. The van der Waals surface area contributed by atoms with Crippen LogP contribution in [-0.2, 0) is 0 Å². The monoisotopic (exact) mass is 387 g/mol. The molecule has 0 unspecified atom stereocenters. The Balaban J connectivity index is 1.96. The molecule has 1 heterocycles. The maximum Gasteiger partial charge on any atom is 0.291 e. The molecule has 0 aliphatic heterocycles. The Morgan fingerprint density at radius 3 is 2.79 bits per heavy atom. The van der Waals surface area contributed by atoms with Gasteiger partial charge in [-0.05, 0) is 37.3 Å². The van der Waals surface area contributed by atoms with Crippen LogP contribution >= 0.6 is 15.9 Å². The highest BCUT2D eigenvalue weighted by atomic mass is 79.9. The van der Waals surface area contributed by atoms with Gasteiger partial charge in [-0.1, -0.05) is 28.1 Å². The van der Waals surface area contributed by atoms with Crippen LogP contribution in [-0.4, -0.2) is 12.5 Å². The van der Waals surface area contributed by atoms with E-state index in [1.165, 1.54) is 6.07 Å². The van der Waals surface area contributed by atoms with Crippen molar-refractivity contribution in [1.29, 1.82) is 0 Å². The van der Waals surface area contributed by atoms with Gasteiger partial charge < -0.3 is 14.5 Å². The van der Waals surface area contributed by atoms with Crippen molar-refractivity contribution in [3.8, 4) is 5.75 Å². The Kier molecular flexibility index (Phi) is 4.66. The van der Waals surface area contributed by atoms with Crippen LogP contribution in [0.15, 0.2) is 62.2 Å². The Hall–Kier alpha value is -2.60. The Bertz CT molecular complexity index is 965. The minimum absolute atomic E-state index is 0.0584. The number of nitrogens with one attached hydrogen (secondary N) is 1. The van der Waals surface area contributed by atoms with Crippen LogP contribution in [0, 0.1) is 0 Å². The zero-order valence-corrected chi connectivity index (χ0v) is 14.4. The van der Waals surface area contributed by atoms with Crippen molar-refractivity contribution < 1.29 is 13.9 Å². The molecular formula is C18H14BrNO4. The second-order valence-corrected chi connectivity index (χ2v) is 5.91. The quantitative estimate of drug-likeness (QED) is 0.727. The topological polar surface area (TPSA) is 68.5 Å². The number of fused-ring (bicyclic) bond motifs is 1. The zero-order chi connectivity index (χ0) is 17.1. The van der Waals surface area contributed by atoms with Gasteiger partial charge in [0.25, 0.3) is 5.91 Å². The summed E-state index contributed by atoms with van der Waals surface area (Å²) in [5, 5.41) is 3.13. The van der Waals surface area contributed by atoms with Gasteiger partial charge in [0.05, 0.1) is 17.7 Å². The molecule has 0 bridgehead atoms. The summed E-state index contributed by atoms with van der Waals surface area (Å²) < 4.78 is 11.8. The lowest BCUT2D eigenvalue weighted by Gasteiger charge is -2.11. The molecule has 0 aliphatic rings. The number of hydrogen-bond acceptors (Lipinski definition) is 4. The number of para-hydroxylation sites is 2. The maximum absolute atomic E-state index is 12.4. The largest absolute Gasteiger partial charge is 0.492 e. The predicted octanol–water partition coefficient (Wildman–Crippen LogP) is 4.21. The number of halogens is 1. The molecule has 0 spiro atoms. The lowest BCUT2D eigenvalue weighted by molar-refractivity contribution is 0.0996. The maximum atomic E-state index is 12.4. The molecule has 122 valence electrons. The van der Waals surface area contributed by atoms with Crippen molar-refractivity contribution >= 4 is 38.5 Å². The number of ether oxygens (including phenoxy) is 1. The predicted molar refractivity (Wildman–Crippen MR) is 95.7 cm³/mol. The molecule has 1 N–H and O–H groups in total. The average Bonchev–Trinajstić information content (AvgIpc) is 2.56. The number of hydrogen-bond donors (Lipinski definition) is 1. The highest BCUT2D eigenvalue weighted by Gasteiger charge is 2.14. The van der Waals surface area contributed by atoms with E-state index in [0.717, 1.165) is 4.47 Å². The number of amides is 1. The molecule has 0 atom stereocenters. The van der Waals surface area contributed by atoms with E-state index in [2.05, 4.69) is 21.2 Å². The summed E-state index contributed by atoms with van der Waals surface area (Å²) in [5.74, 6) is -0.0164. The van der Waals surface area contributed by atoms with Gasteiger partial charge in [0, 0.05) is 10.5 Å². The lowest BCUT2D eigenvalue weighted by Crippen LogP contribution is -2.15. The minimum Gasteiger partial charge on any atom is -0.492 e. The summed E-state index contributed by atoms with van der Waals surface area (Å²) in [4.78, 5) is 24.6. The van der Waals surface area contributed by atoms with Crippen LogP contribution in [0.5, 0.6) is 5.75 Å². The molecule has 24 heavy (non-hydrogen) atoms. The van der Waals surface area contributed by atoms with Crippen LogP contribution in [0.2, 0.25) is 0 Å². The SMILES string of the molecule is CCOc1ccccc1NC(=O)c1cc(=O)c2ccc(Br)cc2o1. The standard InChI is InChI=1S/C18H14BrNO4/c1-2-23-15-6-4-3-5-13(15)20-18(22)17-10-14(21)12-8-7-11(19)9-16(12)24-17/h3-10H,2H2,1H3,(H,20,22). The van der Waals surface area contributed by atoms with Gasteiger partial charge in [-0.15, -0.1) is 0 Å². The van der Waals surface area contributed by atoms with Gasteiger partial charge in [0.2, 0.25) is 0 Å². The Morgan fingerprint density at radius 1 is 1.21 bits per heavy atom. The fourth-order valence-corrected chi connectivity index (χ4v) is 2.62. The number of benzene rings is 2. The molecular weight excluding hydrogens is 374 g/mol. The van der Waals surface area contributed by atoms with Crippen molar-refractivity contribution in [3.05, 3.63) is 69.0 Å². The second-order valence-electron chi connectivity index (χ2n) is 5.00. The molecule has 3 rings (SSSR count). The number of rotatable bonds is 4. The molecule has 0 aliphatic carbocycles. The molecule has 0 saturated carbocycles. The first-order valence-corrected chi connectivity index (χ1v) is 8.14. The van der Waals surface area contributed by atoms with Crippen molar-refractivity contribution in [2.75, 3.05) is 11.9 Å². The zero-order valence-electron chi connectivity index (χ0n) is 12.8. The van der Waals surface area contributed by atoms with Crippen molar-refractivity contribution in [2.45, 2.75) is 6.92 Å². The third-order valence-electron chi connectivity index (χ3n) is 3.35. The number of anilines is 1. The van der Waals surface area contributed by atoms with Gasteiger partial charge in [-0.3, -0.25) is 9.59 Å². The van der Waals surface area contributed by atoms with Gasteiger partial charge >= 0.3 is 0 Å². The molecule has 0 fully saturated rings. The van der Waals surface area contributed by atoms with E-state index in [-0.39, 0.29) is 11.2 Å². The molecule has 1 aromatic heterocycles. The average molecular weight is 388 g/mol. The van der Waals surface area contributed by atoms with Crippen LogP contribution < -0.4 is 15.5 Å². The summed E-state index contributed by atoms with van der Waals surface area (Å²) in [6.07, 6.45) is 0. The molecule has 0 saturated heterocycles. The number of carbonyl (C=O) groups is 1. The van der Waals surface area contributed by atoms with Gasteiger partial charge in [0.15, 0.2) is 11.2 Å². The first kappa shape index (κ1) is 16.3.